The van der Waals surface area contributed by atoms with Crippen LogP contribution >= 0.6 is 0 Å². The van der Waals surface area contributed by atoms with E-state index in [2.05, 4.69) is 26.0 Å². The van der Waals surface area contributed by atoms with Crippen LogP contribution in [0.1, 0.15) is 232 Å². The third-order valence-corrected chi connectivity index (χ3v) is 9.56. The molecule has 0 aromatic heterocycles. The number of hydrogen-bond acceptors (Lipinski definition) is 5. The van der Waals surface area contributed by atoms with E-state index in [1.165, 1.54) is 173 Å². The van der Waals surface area contributed by atoms with Gasteiger partial charge in [-0.3, -0.25) is 9.59 Å². The zero-order valence-corrected chi connectivity index (χ0v) is 32.3. The van der Waals surface area contributed by atoms with E-state index in [4.69, 9.17) is 9.47 Å². The van der Waals surface area contributed by atoms with Crippen LogP contribution in [-0.2, 0) is 19.1 Å². The topological polar surface area (TPSA) is 72.8 Å². The Bertz CT molecular complexity index is 691. The van der Waals surface area contributed by atoms with Crippen LogP contribution < -0.4 is 0 Å². The highest BCUT2D eigenvalue weighted by atomic mass is 16.6. The van der Waals surface area contributed by atoms with Gasteiger partial charge in [0.05, 0.1) is 6.61 Å². The van der Waals surface area contributed by atoms with Crippen molar-refractivity contribution >= 4 is 11.9 Å². The van der Waals surface area contributed by atoms with Gasteiger partial charge in [0.2, 0.25) is 0 Å². The highest BCUT2D eigenvalue weighted by Gasteiger charge is 2.16. The predicted molar refractivity (Wildman–Crippen MR) is 205 cm³/mol. The Morgan fingerprint density at radius 3 is 1.12 bits per heavy atom. The minimum absolute atomic E-state index is 0.0612. The SMILES string of the molecule is CCCCCCCC/C=C\CCCCCCCCCC(=O)O[C@@H](CO)COC(=O)CCCCCCCCCCCCCCCCCCC. The van der Waals surface area contributed by atoms with Crippen molar-refractivity contribution in [3.8, 4) is 0 Å². The zero-order chi connectivity index (χ0) is 35.0. The number of aliphatic hydroxyl groups excluding tert-OH is 1. The van der Waals surface area contributed by atoms with Crippen molar-refractivity contribution in [2.24, 2.45) is 0 Å². The summed E-state index contributed by atoms with van der Waals surface area (Å²) in [5.74, 6) is -0.583. The van der Waals surface area contributed by atoms with Crippen molar-refractivity contribution in [2.75, 3.05) is 13.2 Å². The molecule has 0 bridgehead atoms. The molecule has 0 aromatic rings. The highest BCUT2D eigenvalue weighted by Crippen LogP contribution is 2.15. The first kappa shape index (κ1) is 46.6. The lowest BCUT2D eigenvalue weighted by Crippen LogP contribution is -2.28. The number of rotatable bonds is 39. The molecule has 0 aromatic carbocycles. The molecule has 0 amide bonds. The smallest absolute Gasteiger partial charge is 0.306 e. The zero-order valence-electron chi connectivity index (χ0n) is 32.3. The maximum atomic E-state index is 12.2. The summed E-state index contributed by atoms with van der Waals surface area (Å²) in [4.78, 5) is 24.3. The first-order valence-corrected chi connectivity index (χ1v) is 21.2. The number of allylic oxidation sites excluding steroid dienone is 2. The summed E-state index contributed by atoms with van der Waals surface area (Å²) in [5, 5.41) is 9.57. The van der Waals surface area contributed by atoms with Gasteiger partial charge in [0, 0.05) is 12.8 Å². The number of hydrogen-bond donors (Lipinski definition) is 1. The number of unbranched alkanes of at least 4 members (excludes halogenated alkanes) is 29. The van der Waals surface area contributed by atoms with E-state index >= 15 is 0 Å². The summed E-state index contributed by atoms with van der Waals surface area (Å²) in [6.45, 7) is 4.16. The van der Waals surface area contributed by atoms with E-state index in [-0.39, 0.29) is 25.2 Å². The fourth-order valence-electron chi connectivity index (χ4n) is 6.31. The molecule has 0 radical (unpaired) electrons. The van der Waals surface area contributed by atoms with Crippen LogP contribution in [0, 0.1) is 0 Å². The van der Waals surface area contributed by atoms with Gasteiger partial charge in [0.15, 0.2) is 6.10 Å². The molecule has 5 nitrogen and oxygen atoms in total. The molecular formula is C43H82O5. The Hall–Kier alpha value is -1.36. The van der Waals surface area contributed by atoms with Gasteiger partial charge in [-0.15, -0.1) is 0 Å². The van der Waals surface area contributed by atoms with E-state index in [1.54, 1.807) is 0 Å². The third kappa shape index (κ3) is 37.5. The Labute approximate surface area is 299 Å². The van der Waals surface area contributed by atoms with Gasteiger partial charge in [-0.25, -0.2) is 0 Å². The molecule has 48 heavy (non-hydrogen) atoms. The van der Waals surface area contributed by atoms with Crippen molar-refractivity contribution in [1.82, 2.24) is 0 Å². The molecule has 0 aliphatic heterocycles. The average molecular weight is 679 g/mol. The van der Waals surface area contributed by atoms with Gasteiger partial charge in [0.1, 0.15) is 6.61 Å². The summed E-state index contributed by atoms with van der Waals surface area (Å²) in [6.07, 6.45) is 45.6. The van der Waals surface area contributed by atoms with Gasteiger partial charge in [0.25, 0.3) is 0 Å². The minimum Gasteiger partial charge on any atom is -0.462 e. The quantitative estimate of drug-likeness (QED) is 0.0398. The number of esters is 2. The monoisotopic (exact) mass is 679 g/mol. The summed E-state index contributed by atoms with van der Waals surface area (Å²) < 4.78 is 10.6. The first-order valence-electron chi connectivity index (χ1n) is 21.2. The lowest BCUT2D eigenvalue weighted by atomic mass is 10.0. The molecule has 0 saturated carbocycles. The Balaban J connectivity index is 3.50. The molecule has 0 heterocycles. The highest BCUT2D eigenvalue weighted by molar-refractivity contribution is 5.70. The predicted octanol–water partition coefficient (Wildman–Crippen LogP) is 13.3. The summed E-state index contributed by atoms with van der Waals surface area (Å²) in [7, 11) is 0. The van der Waals surface area contributed by atoms with Gasteiger partial charge in [-0.2, -0.15) is 0 Å². The van der Waals surface area contributed by atoms with Crippen molar-refractivity contribution in [2.45, 2.75) is 238 Å². The Morgan fingerprint density at radius 1 is 0.458 bits per heavy atom. The summed E-state index contributed by atoms with van der Waals surface area (Å²) >= 11 is 0. The van der Waals surface area contributed by atoms with E-state index in [0.717, 1.165) is 32.1 Å². The molecule has 1 N–H and O–H groups in total. The molecule has 1 atom stereocenters. The van der Waals surface area contributed by atoms with Crippen LogP contribution in [0.15, 0.2) is 12.2 Å². The number of ether oxygens (including phenoxy) is 2. The molecule has 0 aliphatic rings. The van der Waals surface area contributed by atoms with Crippen molar-refractivity contribution < 1.29 is 24.2 Å². The maximum absolute atomic E-state index is 12.2. The lowest BCUT2D eigenvalue weighted by molar-refractivity contribution is -0.161. The molecule has 0 saturated heterocycles. The summed E-state index contributed by atoms with van der Waals surface area (Å²) in [6, 6.07) is 0. The van der Waals surface area contributed by atoms with Crippen LogP contribution in [0.4, 0.5) is 0 Å². The molecule has 0 fully saturated rings. The third-order valence-electron chi connectivity index (χ3n) is 9.56. The first-order chi connectivity index (χ1) is 23.6. The molecule has 0 spiro atoms. The summed E-state index contributed by atoms with van der Waals surface area (Å²) in [5.41, 5.74) is 0. The molecule has 284 valence electrons. The van der Waals surface area contributed by atoms with E-state index in [9.17, 15) is 14.7 Å². The van der Waals surface area contributed by atoms with Crippen molar-refractivity contribution in [1.29, 1.82) is 0 Å². The van der Waals surface area contributed by atoms with Gasteiger partial charge < -0.3 is 14.6 Å². The van der Waals surface area contributed by atoms with Gasteiger partial charge >= 0.3 is 11.9 Å². The molecule has 5 heteroatoms. The molecule has 0 rings (SSSR count). The van der Waals surface area contributed by atoms with E-state index in [1.807, 2.05) is 0 Å². The van der Waals surface area contributed by atoms with Gasteiger partial charge in [-0.1, -0.05) is 193 Å². The normalized spacial score (nSPS) is 12.1. The number of carbonyl (C=O) groups is 2. The van der Waals surface area contributed by atoms with E-state index < -0.39 is 6.10 Å². The molecule has 0 unspecified atom stereocenters. The number of aliphatic hydroxyl groups is 1. The standard InChI is InChI=1S/C43H82O5/c1-3-5-7-9-11-13-15-17-19-21-23-25-27-29-31-33-35-37-42(45)47-40-41(39-44)48-43(46)38-36-34-32-30-28-26-24-22-20-18-16-14-12-10-8-6-4-2/h18,20,41,44H,3-17,19,21-40H2,1-2H3/b20-18-/t41-/m0/s1. The second kappa shape index (κ2) is 40.1. The van der Waals surface area contributed by atoms with Crippen LogP contribution in [0.25, 0.3) is 0 Å². The lowest BCUT2D eigenvalue weighted by Gasteiger charge is -2.15. The molecule has 0 aliphatic carbocycles. The van der Waals surface area contributed by atoms with Crippen LogP contribution in [-0.4, -0.2) is 36.4 Å². The van der Waals surface area contributed by atoms with Gasteiger partial charge in [-0.05, 0) is 38.5 Å². The Morgan fingerprint density at radius 2 is 0.771 bits per heavy atom. The second-order valence-electron chi connectivity index (χ2n) is 14.4. The van der Waals surface area contributed by atoms with Crippen molar-refractivity contribution in [3.63, 3.8) is 0 Å². The number of carbonyl (C=O) groups excluding carboxylic acids is 2. The molecular weight excluding hydrogens is 596 g/mol. The fourth-order valence-corrected chi connectivity index (χ4v) is 6.31. The second-order valence-corrected chi connectivity index (χ2v) is 14.4. The largest absolute Gasteiger partial charge is 0.462 e. The minimum atomic E-state index is -0.767. The van der Waals surface area contributed by atoms with Crippen LogP contribution in [0.3, 0.4) is 0 Å². The Kier molecular flexibility index (Phi) is 38.9. The van der Waals surface area contributed by atoms with Crippen LogP contribution in [0.2, 0.25) is 0 Å². The van der Waals surface area contributed by atoms with E-state index in [0.29, 0.717) is 12.8 Å². The van der Waals surface area contributed by atoms with Crippen molar-refractivity contribution in [3.05, 3.63) is 12.2 Å². The van der Waals surface area contributed by atoms with Crippen LogP contribution in [0.5, 0.6) is 0 Å². The fraction of sp³-hybridized carbons (Fsp3) is 0.907. The average Bonchev–Trinajstić information content (AvgIpc) is 3.09. The maximum Gasteiger partial charge on any atom is 0.306 e.